The van der Waals surface area contributed by atoms with Crippen LogP contribution < -0.4 is 4.74 Å². The maximum absolute atomic E-state index is 13.3. The van der Waals surface area contributed by atoms with Crippen LogP contribution in [0.2, 0.25) is 0 Å². The normalized spacial score (nSPS) is 13.4. The summed E-state index contributed by atoms with van der Waals surface area (Å²) in [6.07, 6.45) is 7.17. The Hall–Kier alpha value is -3.73. The van der Waals surface area contributed by atoms with Crippen molar-refractivity contribution in [2.45, 2.75) is 72.8 Å². The van der Waals surface area contributed by atoms with Crippen molar-refractivity contribution in [3.05, 3.63) is 82.5 Å². The van der Waals surface area contributed by atoms with E-state index in [0.29, 0.717) is 24.1 Å². The second-order valence-corrected chi connectivity index (χ2v) is 9.68. The van der Waals surface area contributed by atoms with Crippen molar-refractivity contribution in [3.63, 3.8) is 0 Å². The summed E-state index contributed by atoms with van der Waals surface area (Å²) in [7, 11) is 1.58. The summed E-state index contributed by atoms with van der Waals surface area (Å²) >= 11 is 0. The number of halogens is 4. The number of carbonyl (C=O) groups is 1. The van der Waals surface area contributed by atoms with Gasteiger partial charge < -0.3 is 19.5 Å². The number of likely N-dealkylation sites (N-methyl/N-ethyl adjacent to an activating group) is 1. The molecule has 0 bridgehead atoms. The minimum absolute atomic E-state index is 0.140. The van der Waals surface area contributed by atoms with E-state index in [1.165, 1.54) is 50.1 Å². The predicted octanol–water partition coefficient (Wildman–Crippen LogP) is 6.30. The van der Waals surface area contributed by atoms with Crippen molar-refractivity contribution in [2.24, 2.45) is 0 Å². The molecule has 0 saturated carbocycles. The topological polar surface area (TPSA) is 84.8 Å². The van der Waals surface area contributed by atoms with Crippen LogP contribution in [0.5, 0.6) is 5.88 Å². The van der Waals surface area contributed by atoms with Crippen molar-refractivity contribution in [3.8, 4) is 5.88 Å². The molecule has 0 aliphatic rings. The summed E-state index contributed by atoms with van der Waals surface area (Å²) in [5.74, 6) is -0.915. The Kier molecular flexibility index (Phi) is 11.9. The fourth-order valence-electron chi connectivity index (χ4n) is 3.70. The Morgan fingerprint density at radius 2 is 1.80 bits per heavy atom. The molecule has 0 aliphatic heterocycles. The van der Waals surface area contributed by atoms with Gasteiger partial charge in [-0.05, 0) is 81.0 Å². The van der Waals surface area contributed by atoms with Gasteiger partial charge in [0.15, 0.2) is 0 Å². The van der Waals surface area contributed by atoms with Crippen LogP contribution in [-0.4, -0.2) is 51.8 Å². The molecular weight excluding hydrogens is 530 g/mol. The van der Waals surface area contributed by atoms with E-state index in [9.17, 15) is 27.5 Å². The molecule has 2 aromatic rings. The van der Waals surface area contributed by atoms with Crippen LogP contribution >= 0.6 is 0 Å². The highest BCUT2D eigenvalue weighted by Crippen LogP contribution is 2.26. The number of carbonyl (C=O) groups excluding carboxylic acids is 1. The Balaban J connectivity index is 2.31. The van der Waals surface area contributed by atoms with Crippen LogP contribution in [-0.2, 0) is 22.5 Å². The van der Waals surface area contributed by atoms with E-state index in [4.69, 9.17) is 4.74 Å². The lowest BCUT2D eigenvalue weighted by atomic mass is 9.98. The van der Waals surface area contributed by atoms with Gasteiger partial charge in [0.2, 0.25) is 5.88 Å². The van der Waals surface area contributed by atoms with Gasteiger partial charge in [-0.2, -0.15) is 17.6 Å². The SMILES string of the molecule is CC/C(C)=C(/C=C\C(OC(F)F)=C(/C)c1ccnc(OC(F)F)c1)Cc1ccc(CN(C)C(=O)C(C)(C)O)nc1. The zero-order valence-electron chi connectivity index (χ0n) is 23.4. The third-order valence-corrected chi connectivity index (χ3v) is 6.03. The van der Waals surface area contributed by atoms with Crippen LogP contribution in [0.1, 0.15) is 57.9 Å². The van der Waals surface area contributed by atoms with Gasteiger partial charge in [-0.25, -0.2) is 4.98 Å². The van der Waals surface area contributed by atoms with E-state index < -0.39 is 24.7 Å². The molecule has 0 saturated heterocycles. The third kappa shape index (κ3) is 10.1. The molecule has 0 unspecified atom stereocenters. The fraction of sp³-hybridized carbons (Fsp3) is 0.414. The van der Waals surface area contributed by atoms with Crippen LogP contribution in [0, 0.1) is 0 Å². The lowest BCUT2D eigenvalue weighted by molar-refractivity contribution is -0.147. The zero-order valence-corrected chi connectivity index (χ0v) is 23.4. The standard InChI is InChI=1S/C29H35F4N3O4/c1-7-18(2)21(14-20-8-10-23(35-16-20)17-36(6)26(37)29(4,5)38)9-11-24(39-27(30)31)19(3)22-12-13-34-25(15-22)40-28(32)33/h8-13,15-16,27-28,38H,7,14,17H2,1-6H3/b11-9-,21-18-,24-19-. The number of aromatic nitrogens is 2. The number of rotatable bonds is 13. The number of hydrogen-bond donors (Lipinski definition) is 1. The smallest absolute Gasteiger partial charge is 0.388 e. The fourth-order valence-corrected chi connectivity index (χ4v) is 3.70. The summed E-state index contributed by atoms with van der Waals surface area (Å²) in [6.45, 7) is 2.31. The summed E-state index contributed by atoms with van der Waals surface area (Å²) < 4.78 is 60.8. The molecule has 11 heteroatoms. The van der Waals surface area contributed by atoms with Crippen molar-refractivity contribution >= 4 is 11.5 Å². The quantitative estimate of drug-likeness (QED) is 0.174. The monoisotopic (exact) mass is 565 g/mol. The van der Waals surface area contributed by atoms with Gasteiger partial charge >= 0.3 is 13.2 Å². The summed E-state index contributed by atoms with van der Waals surface area (Å²) in [6, 6.07) is 6.34. The van der Waals surface area contributed by atoms with Crippen molar-refractivity contribution in [2.75, 3.05) is 7.05 Å². The average Bonchev–Trinajstić information content (AvgIpc) is 2.88. The van der Waals surface area contributed by atoms with E-state index in [-0.39, 0.29) is 23.8 Å². The average molecular weight is 566 g/mol. The van der Waals surface area contributed by atoms with Gasteiger partial charge in [0.1, 0.15) is 11.4 Å². The van der Waals surface area contributed by atoms with Crippen molar-refractivity contribution in [1.82, 2.24) is 14.9 Å². The molecule has 1 amide bonds. The first-order valence-electron chi connectivity index (χ1n) is 12.6. The summed E-state index contributed by atoms with van der Waals surface area (Å²) in [5, 5.41) is 9.92. The van der Waals surface area contributed by atoms with Crippen LogP contribution in [0.3, 0.4) is 0 Å². The van der Waals surface area contributed by atoms with Crippen LogP contribution in [0.4, 0.5) is 17.6 Å². The van der Waals surface area contributed by atoms with Gasteiger partial charge in [-0.1, -0.05) is 24.6 Å². The number of hydrogen-bond acceptors (Lipinski definition) is 6. The number of amides is 1. The summed E-state index contributed by atoms with van der Waals surface area (Å²) in [4.78, 5) is 21.7. The number of nitrogens with zero attached hydrogens (tertiary/aromatic N) is 3. The van der Waals surface area contributed by atoms with E-state index in [1.807, 2.05) is 19.9 Å². The molecule has 0 radical (unpaired) electrons. The Morgan fingerprint density at radius 3 is 2.35 bits per heavy atom. The van der Waals surface area contributed by atoms with Crippen LogP contribution in [0.15, 0.2) is 65.7 Å². The predicted molar refractivity (Wildman–Crippen MR) is 143 cm³/mol. The molecule has 0 atom stereocenters. The number of allylic oxidation sites excluding steroid dienone is 5. The highest BCUT2D eigenvalue weighted by Gasteiger charge is 2.27. The number of aliphatic hydroxyl groups is 1. The molecule has 0 spiro atoms. The Morgan fingerprint density at radius 1 is 1.10 bits per heavy atom. The highest BCUT2D eigenvalue weighted by molar-refractivity contribution is 5.83. The molecule has 0 aliphatic carbocycles. The molecule has 7 nitrogen and oxygen atoms in total. The maximum atomic E-state index is 13.3. The highest BCUT2D eigenvalue weighted by atomic mass is 19.3. The zero-order chi connectivity index (χ0) is 30.0. The lowest BCUT2D eigenvalue weighted by Crippen LogP contribution is -2.42. The molecule has 2 heterocycles. The molecule has 2 rings (SSSR count). The summed E-state index contributed by atoms with van der Waals surface area (Å²) in [5.41, 5.74) is 2.48. The number of ether oxygens (including phenoxy) is 2. The molecule has 0 fully saturated rings. The van der Waals surface area contributed by atoms with E-state index >= 15 is 0 Å². The van der Waals surface area contributed by atoms with Gasteiger partial charge in [-0.3, -0.25) is 9.78 Å². The number of pyridine rings is 2. The minimum atomic E-state index is -3.11. The Labute approximate surface area is 231 Å². The largest absolute Gasteiger partial charge is 0.435 e. The molecule has 218 valence electrons. The third-order valence-electron chi connectivity index (χ3n) is 6.03. The molecule has 0 aromatic carbocycles. The first-order chi connectivity index (χ1) is 18.7. The van der Waals surface area contributed by atoms with Gasteiger partial charge in [0.25, 0.3) is 5.91 Å². The first kappa shape index (κ1) is 32.5. The second-order valence-electron chi connectivity index (χ2n) is 9.68. The van der Waals surface area contributed by atoms with Crippen LogP contribution in [0.25, 0.3) is 5.57 Å². The maximum Gasteiger partial charge on any atom is 0.388 e. The minimum Gasteiger partial charge on any atom is -0.435 e. The molecule has 40 heavy (non-hydrogen) atoms. The van der Waals surface area contributed by atoms with Crippen molar-refractivity contribution in [1.29, 1.82) is 0 Å². The van der Waals surface area contributed by atoms with E-state index in [0.717, 1.165) is 16.7 Å². The Bertz CT molecular complexity index is 1240. The van der Waals surface area contributed by atoms with Crippen molar-refractivity contribution < 1.29 is 36.9 Å². The van der Waals surface area contributed by atoms with Gasteiger partial charge in [0.05, 0.1) is 12.2 Å². The first-order valence-corrected chi connectivity index (χ1v) is 12.6. The second kappa shape index (κ2) is 14.6. The van der Waals surface area contributed by atoms with E-state index in [1.54, 1.807) is 25.4 Å². The lowest BCUT2D eigenvalue weighted by Gasteiger charge is -2.24. The number of alkyl halides is 4. The van der Waals surface area contributed by atoms with E-state index in [2.05, 4.69) is 14.7 Å². The molecule has 1 N–H and O–H groups in total. The van der Waals surface area contributed by atoms with Gasteiger partial charge in [-0.15, -0.1) is 0 Å². The van der Waals surface area contributed by atoms with Gasteiger partial charge in [0, 0.05) is 25.5 Å². The molecule has 2 aromatic heterocycles. The molecular formula is C29H35F4N3O4.